The molecule has 0 aromatic carbocycles. The van der Waals surface area contributed by atoms with Crippen molar-refractivity contribution in [2.45, 2.75) is 10.6 Å². The van der Waals surface area contributed by atoms with Crippen molar-refractivity contribution >= 4 is 24.4 Å². The van der Waals surface area contributed by atoms with E-state index in [1.54, 1.807) is 0 Å². The monoisotopic (exact) mass is 221 g/mol. The zero-order chi connectivity index (χ0) is 6.69. The Morgan fingerprint density at radius 1 is 1.44 bits per heavy atom. The van der Waals surface area contributed by atoms with E-state index in [0.717, 1.165) is 3.67 Å². The van der Waals surface area contributed by atoms with Gasteiger partial charge in [0, 0.05) is 0 Å². The van der Waals surface area contributed by atoms with E-state index in [2.05, 4.69) is 24.0 Å². The Balaban J connectivity index is 2.85. The topological polar surface area (TPSA) is 12.9 Å². The first-order chi connectivity index (χ1) is 4.30. The summed E-state index contributed by atoms with van der Waals surface area (Å²) in [5.41, 5.74) is 1.41. The molecule has 1 aromatic rings. The van der Waals surface area contributed by atoms with Gasteiger partial charge in [-0.15, -0.1) is 0 Å². The van der Waals surface area contributed by atoms with Gasteiger partial charge in [0.1, 0.15) is 0 Å². The van der Waals surface area contributed by atoms with Gasteiger partial charge in [-0.3, -0.25) is 0 Å². The average Bonchev–Trinajstić information content (AvgIpc) is 1.90. The molecule has 0 amide bonds. The van der Waals surface area contributed by atoms with Crippen LogP contribution < -0.4 is 0 Å². The quantitative estimate of drug-likeness (QED) is 0.696. The van der Waals surface area contributed by atoms with Gasteiger partial charge in [0.25, 0.3) is 0 Å². The maximum absolute atomic E-state index is 3.94. The Hall–Kier alpha value is 0.0201. The second-order valence-electron chi connectivity index (χ2n) is 2.07. The Kier molecular flexibility index (Phi) is 2.58. The first kappa shape index (κ1) is 7.13. The molecule has 0 saturated heterocycles. The van der Waals surface area contributed by atoms with Gasteiger partial charge in [0.15, 0.2) is 0 Å². The van der Waals surface area contributed by atoms with Gasteiger partial charge in [0.05, 0.1) is 0 Å². The summed E-state index contributed by atoms with van der Waals surface area (Å²) in [5.74, 6) is 0. The van der Waals surface area contributed by atoms with Gasteiger partial charge in [-0.05, 0) is 0 Å². The van der Waals surface area contributed by atoms with Gasteiger partial charge in [-0.2, -0.15) is 0 Å². The molecule has 1 nitrogen and oxygen atoms in total. The van der Waals surface area contributed by atoms with Crippen molar-refractivity contribution in [2.24, 2.45) is 0 Å². The van der Waals surface area contributed by atoms with Gasteiger partial charge in [-0.25, -0.2) is 0 Å². The van der Waals surface area contributed by atoms with Crippen LogP contribution >= 0.6 is 0 Å². The van der Waals surface area contributed by atoms with E-state index in [4.69, 9.17) is 0 Å². The van der Waals surface area contributed by atoms with E-state index < -0.39 is 0 Å². The Morgan fingerprint density at radius 3 is 2.33 bits per heavy atom. The molecule has 0 bridgehead atoms. The van der Waals surface area contributed by atoms with E-state index in [0.29, 0.717) is 0 Å². The molecule has 0 fully saturated rings. The van der Waals surface area contributed by atoms with Crippen molar-refractivity contribution in [2.75, 3.05) is 0 Å². The molecule has 0 spiro atoms. The maximum atomic E-state index is 3.94. The van der Waals surface area contributed by atoms with Crippen molar-refractivity contribution in [1.82, 2.24) is 4.98 Å². The fourth-order valence-corrected chi connectivity index (χ4v) is 1.30. The summed E-state index contributed by atoms with van der Waals surface area (Å²) < 4.78 is 0.749. The third-order valence-electron chi connectivity index (χ3n) is 1.23. The Labute approximate surface area is 70.1 Å². The second kappa shape index (κ2) is 3.25. The minimum atomic E-state index is 0.749. The first-order valence-corrected chi connectivity index (χ1v) is 4.86. The Bertz CT molecular complexity index is 172. The van der Waals surface area contributed by atoms with Gasteiger partial charge in [0.2, 0.25) is 0 Å². The minimum absolute atomic E-state index is 0.749. The number of aromatic nitrogens is 1. The summed E-state index contributed by atoms with van der Waals surface area (Å²) in [4.78, 5) is 3.94. The summed E-state index contributed by atoms with van der Waals surface area (Å²) in [7, 11) is 0. The fraction of sp³-hybridized carbons (Fsp3) is 0.286. The van der Waals surface area contributed by atoms with Crippen LogP contribution in [0.1, 0.15) is 16.2 Å². The molecule has 44 valence electrons. The molecule has 1 rings (SSSR count). The van der Waals surface area contributed by atoms with Gasteiger partial charge < -0.3 is 0 Å². The summed E-state index contributed by atoms with van der Waals surface area (Å²) >= 11 is 1.29. The van der Waals surface area contributed by atoms with E-state index in [-0.39, 0.29) is 0 Å². The van der Waals surface area contributed by atoms with E-state index >= 15 is 0 Å². The molecule has 9 heavy (non-hydrogen) atoms. The molecular formula is C7H8InN. The van der Waals surface area contributed by atoms with Crippen LogP contribution in [0, 0.1) is 0 Å². The zero-order valence-corrected chi connectivity index (χ0v) is 8.71. The number of hydrogen-bond donors (Lipinski definition) is 0. The SMILES string of the molecule is C[CH]([In])c1ccncc1. The van der Waals surface area contributed by atoms with Crippen LogP contribution in [0.15, 0.2) is 24.5 Å². The van der Waals surface area contributed by atoms with Crippen LogP contribution in [0.25, 0.3) is 0 Å². The number of nitrogens with zero attached hydrogens (tertiary/aromatic N) is 1. The Morgan fingerprint density at radius 2 is 2.00 bits per heavy atom. The predicted octanol–water partition coefficient (Wildman–Crippen LogP) is 1.31. The first-order valence-electron chi connectivity index (χ1n) is 2.96. The van der Waals surface area contributed by atoms with Crippen molar-refractivity contribution in [3.05, 3.63) is 30.1 Å². The molecule has 0 aliphatic heterocycles. The number of rotatable bonds is 1. The third-order valence-corrected chi connectivity index (χ3v) is 2.33. The third kappa shape index (κ3) is 2.01. The molecule has 0 aliphatic carbocycles. The van der Waals surface area contributed by atoms with Crippen LogP contribution in [0.5, 0.6) is 0 Å². The predicted molar refractivity (Wildman–Crippen MR) is 38.4 cm³/mol. The summed E-state index contributed by atoms with van der Waals surface area (Å²) in [6.45, 7) is 2.23. The molecular weight excluding hydrogens is 213 g/mol. The van der Waals surface area contributed by atoms with E-state index in [1.165, 1.54) is 29.9 Å². The molecule has 1 unspecified atom stereocenters. The molecule has 2 radical (unpaired) electrons. The zero-order valence-electron chi connectivity index (χ0n) is 5.41. The van der Waals surface area contributed by atoms with Crippen molar-refractivity contribution in [3.8, 4) is 0 Å². The normalized spacial score (nSPS) is 13.0. The van der Waals surface area contributed by atoms with Crippen LogP contribution in [0.3, 0.4) is 0 Å². The molecule has 0 aliphatic rings. The molecule has 0 saturated carbocycles. The van der Waals surface area contributed by atoms with Crippen LogP contribution in [0.4, 0.5) is 0 Å². The van der Waals surface area contributed by atoms with E-state index in [9.17, 15) is 0 Å². The molecule has 1 atom stereocenters. The summed E-state index contributed by atoms with van der Waals surface area (Å²) in [6, 6.07) is 4.16. The van der Waals surface area contributed by atoms with Crippen molar-refractivity contribution in [1.29, 1.82) is 0 Å². The standard InChI is InChI=1S/C7H8N.In/c1-2-7-3-5-8-6-4-7;/h2-6H,1H3;. The molecule has 2 heteroatoms. The summed E-state index contributed by atoms with van der Waals surface area (Å²) in [5, 5.41) is 0. The molecule has 1 aromatic heterocycles. The fourth-order valence-electron chi connectivity index (χ4n) is 0.667. The van der Waals surface area contributed by atoms with Crippen LogP contribution in [0.2, 0.25) is 0 Å². The number of pyridine rings is 1. The molecule has 1 heterocycles. The second-order valence-corrected chi connectivity index (χ2v) is 4.92. The van der Waals surface area contributed by atoms with Crippen molar-refractivity contribution < 1.29 is 0 Å². The average molecular weight is 221 g/mol. The van der Waals surface area contributed by atoms with Gasteiger partial charge >= 0.3 is 70.0 Å². The summed E-state index contributed by atoms with van der Waals surface area (Å²) in [6.07, 6.45) is 3.70. The van der Waals surface area contributed by atoms with Crippen LogP contribution in [-0.4, -0.2) is 29.4 Å². The van der Waals surface area contributed by atoms with Crippen molar-refractivity contribution in [3.63, 3.8) is 0 Å². The molecule has 0 N–H and O–H groups in total. The van der Waals surface area contributed by atoms with Crippen LogP contribution in [-0.2, 0) is 0 Å². The van der Waals surface area contributed by atoms with E-state index in [1.807, 2.05) is 12.4 Å². The van der Waals surface area contributed by atoms with Gasteiger partial charge in [-0.1, -0.05) is 0 Å². The number of hydrogen-bond acceptors (Lipinski definition) is 1.